The van der Waals surface area contributed by atoms with E-state index in [1.807, 2.05) is 25.8 Å². The highest BCUT2D eigenvalue weighted by Crippen LogP contribution is 2.30. The van der Waals surface area contributed by atoms with Crippen LogP contribution in [0.3, 0.4) is 0 Å². The Kier molecular flexibility index (Phi) is 4.95. The van der Waals surface area contributed by atoms with Gasteiger partial charge in [-0.3, -0.25) is 9.69 Å². The molecule has 0 aliphatic heterocycles. The molecule has 1 N–H and O–H groups in total. The number of methoxy groups -OCH3 is 1. The van der Waals surface area contributed by atoms with Crippen LogP contribution in [-0.2, 0) is 11.3 Å². The number of carbonyl (C=O) groups is 1. The number of benzene rings is 1. The van der Waals surface area contributed by atoms with Gasteiger partial charge in [0, 0.05) is 12.1 Å². The van der Waals surface area contributed by atoms with Crippen molar-refractivity contribution in [1.82, 2.24) is 4.90 Å². The number of likely N-dealkylation sites (N-methyl/N-ethyl adjacent to an activating group) is 1. The monoisotopic (exact) mass is 265 g/mol. The maximum absolute atomic E-state index is 11.0. The molecule has 0 aliphatic carbocycles. The van der Waals surface area contributed by atoms with Crippen LogP contribution >= 0.6 is 0 Å². The van der Waals surface area contributed by atoms with Crippen LogP contribution < -0.4 is 4.74 Å². The van der Waals surface area contributed by atoms with Crippen molar-refractivity contribution in [1.29, 1.82) is 0 Å². The summed E-state index contributed by atoms with van der Waals surface area (Å²) in [6.07, 6.45) is 0. The summed E-state index contributed by atoms with van der Waals surface area (Å²) in [6.45, 7) is 8.36. The summed E-state index contributed by atoms with van der Waals surface area (Å²) in [7, 11) is 3.47. The Morgan fingerprint density at radius 1 is 1.37 bits per heavy atom. The molecule has 0 amide bonds. The van der Waals surface area contributed by atoms with Crippen molar-refractivity contribution >= 4 is 5.97 Å². The first-order valence-electron chi connectivity index (χ1n) is 6.36. The molecule has 0 saturated heterocycles. The number of hydrogen-bond acceptors (Lipinski definition) is 3. The summed E-state index contributed by atoms with van der Waals surface area (Å²) >= 11 is 0. The molecule has 1 atom stereocenters. The molecule has 0 aliphatic rings. The Bertz CT molecular complexity index is 483. The van der Waals surface area contributed by atoms with E-state index < -0.39 is 12.0 Å². The molecule has 0 bridgehead atoms. The first kappa shape index (κ1) is 15.5. The van der Waals surface area contributed by atoms with Gasteiger partial charge in [-0.25, -0.2) is 0 Å². The standard InChI is InChI=1S/C15H23NO3/c1-9-7-10(2)13(14(19-6)11(9)3)8-16(5)12(4)15(17)18/h7,12H,8H2,1-6H3,(H,17,18). The Labute approximate surface area is 115 Å². The first-order valence-corrected chi connectivity index (χ1v) is 6.36. The fraction of sp³-hybridized carbons (Fsp3) is 0.533. The summed E-state index contributed by atoms with van der Waals surface area (Å²) < 4.78 is 5.50. The maximum atomic E-state index is 11.0. The van der Waals surface area contributed by atoms with Crippen molar-refractivity contribution < 1.29 is 14.6 Å². The number of aliphatic carboxylic acids is 1. The van der Waals surface area contributed by atoms with Gasteiger partial charge in [0.15, 0.2) is 0 Å². The van der Waals surface area contributed by atoms with E-state index in [4.69, 9.17) is 9.84 Å². The molecule has 0 aromatic heterocycles. The van der Waals surface area contributed by atoms with E-state index in [1.165, 1.54) is 5.56 Å². The first-order chi connectivity index (χ1) is 8.79. The maximum Gasteiger partial charge on any atom is 0.320 e. The third-order valence-corrected chi connectivity index (χ3v) is 3.75. The van der Waals surface area contributed by atoms with Crippen LogP contribution in [0.4, 0.5) is 0 Å². The molecule has 19 heavy (non-hydrogen) atoms. The fourth-order valence-corrected chi connectivity index (χ4v) is 2.15. The Hall–Kier alpha value is -1.55. The second-order valence-corrected chi connectivity index (χ2v) is 5.08. The quantitative estimate of drug-likeness (QED) is 0.888. The highest BCUT2D eigenvalue weighted by Gasteiger charge is 2.20. The van der Waals surface area contributed by atoms with Gasteiger partial charge >= 0.3 is 5.97 Å². The lowest BCUT2D eigenvalue weighted by molar-refractivity contribution is -0.142. The third-order valence-electron chi connectivity index (χ3n) is 3.75. The van der Waals surface area contributed by atoms with Gasteiger partial charge in [0.05, 0.1) is 7.11 Å². The fourth-order valence-electron chi connectivity index (χ4n) is 2.15. The molecule has 1 aromatic rings. The molecule has 0 radical (unpaired) electrons. The van der Waals surface area contributed by atoms with Crippen molar-refractivity contribution in [2.75, 3.05) is 14.2 Å². The van der Waals surface area contributed by atoms with Gasteiger partial charge in [-0.15, -0.1) is 0 Å². The second kappa shape index (κ2) is 6.06. The van der Waals surface area contributed by atoms with Gasteiger partial charge in [0.2, 0.25) is 0 Å². The molecule has 1 rings (SSSR count). The zero-order valence-corrected chi connectivity index (χ0v) is 12.6. The lowest BCUT2D eigenvalue weighted by atomic mass is 9.98. The van der Waals surface area contributed by atoms with E-state index in [0.717, 1.165) is 22.4 Å². The van der Waals surface area contributed by atoms with Crippen molar-refractivity contribution in [2.45, 2.75) is 40.3 Å². The lowest BCUT2D eigenvalue weighted by Crippen LogP contribution is -2.35. The molecular weight excluding hydrogens is 242 g/mol. The molecular formula is C15H23NO3. The smallest absolute Gasteiger partial charge is 0.320 e. The zero-order valence-electron chi connectivity index (χ0n) is 12.6. The van der Waals surface area contributed by atoms with Crippen LogP contribution in [0.1, 0.15) is 29.2 Å². The topological polar surface area (TPSA) is 49.8 Å². The van der Waals surface area contributed by atoms with E-state index in [2.05, 4.69) is 13.0 Å². The summed E-state index contributed by atoms with van der Waals surface area (Å²) in [5, 5.41) is 9.05. The number of carboxylic acids is 1. The second-order valence-electron chi connectivity index (χ2n) is 5.08. The summed E-state index contributed by atoms with van der Waals surface area (Å²) in [5.74, 6) is 0.0462. The summed E-state index contributed by atoms with van der Waals surface area (Å²) in [4.78, 5) is 12.8. The van der Waals surface area contributed by atoms with Crippen LogP contribution in [0.5, 0.6) is 5.75 Å². The Morgan fingerprint density at radius 3 is 2.42 bits per heavy atom. The highest BCUT2D eigenvalue weighted by molar-refractivity contribution is 5.72. The van der Waals surface area contributed by atoms with Crippen LogP contribution in [-0.4, -0.2) is 36.2 Å². The molecule has 1 unspecified atom stereocenters. The van der Waals surface area contributed by atoms with Crippen LogP contribution in [0.2, 0.25) is 0 Å². The van der Waals surface area contributed by atoms with Crippen LogP contribution in [0, 0.1) is 20.8 Å². The Balaban J connectivity index is 3.14. The van der Waals surface area contributed by atoms with Gasteiger partial charge in [-0.2, -0.15) is 0 Å². The number of carboxylic acid groups (broad SMARTS) is 1. The van der Waals surface area contributed by atoms with E-state index in [1.54, 1.807) is 14.0 Å². The molecule has 1 aromatic carbocycles. The summed E-state index contributed by atoms with van der Waals surface area (Å²) in [5.41, 5.74) is 4.48. The van der Waals surface area contributed by atoms with Gasteiger partial charge < -0.3 is 9.84 Å². The molecule has 0 spiro atoms. The number of rotatable bonds is 5. The van der Waals surface area contributed by atoms with Crippen molar-refractivity contribution in [2.24, 2.45) is 0 Å². The Morgan fingerprint density at radius 2 is 1.95 bits per heavy atom. The average molecular weight is 265 g/mol. The normalized spacial score (nSPS) is 12.6. The van der Waals surface area contributed by atoms with E-state index in [0.29, 0.717) is 6.54 Å². The van der Waals surface area contributed by atoms with Gasteiger partial charge in [0.25, 0.3) is 0 Å². The number of nitrogens with zero attached hydrogens (tertiary/aromatic N) is 1. The average Bonchev–Trinajstić information content (AvgIpc) is 2.35. The SMILES string of the molecule is COc1c(C)c(C)cc(C)c1CN(C)C(C)C(=O)O. The number of hydrogen-bond donors (Lipinski definition) is 1. The van der Waals surface area contributed by atoms with E-state index >= 15 is 0 Å². The molecule has 4 nitrogen and oxygen atoms in total. The summed E-state index contributed by atoms with van der Waals surface area (Å²) in [6, 6.07) is 1.60. The van der Waals surface area contributed by atoms with Crippen LogP contribution in [0.15, 0.2) is 6.07 Å². The van der Waals surface area contributed by atoms with Gasteiger partial charge in [-0.05, 0) is 51.4 Å². The van der Waals surface area contributed by atoms with Gasteiger partial charge in [0.1, 0.15) is 11.8 Å². The molecule has 0 saturated carbocycles. The lowest BCUT2D eigenvalue weighted by Gasteiger charge is -2.24. The largest absolute Gasteiger partial charge is 0.496 e. The minimum Gasteiger partial charge on any atom is -0.496 e. The van der Waals surface area contributed by atoms with Crippen LogP contribution in [0.25, 0.3) is 0 Å². The minimum atomic E-state index is -0.817. The molecule has 0 heterocycles. The van der Waals surface area contributed by atoms with E-state index in [9.17, 15) is 4.79 Å². The van der Waals surface area contributed by atoms with E-state index in [-0.39, 0.29) is 0 Å². The van der Waals surface area contributed by atoms with Crippen molar-refractivity contribution in [3.05, 3.63) is 28.3 Å². The molecule has 4 heteroatoms. The highest BCUT2D eigenvalue weighted by atomic mass is 16.5. The minimum absolute atomic E-state index is 0.522. The van der Waals surface area contributed by atoms with Crippen molar-refractivity contribution in [3.63, 3.8) is 0 Å². The van der Waals surface area contributed by atoms with Gasteiger partial charge in [-0.1, -0.05) is 6.07 Å². The van der Waals surface area contributed by atoms with Crippen molar-refractivity contribution in [3.8, 4) is 5.75 Å². The predicted molar refractivity (Wildman–Crippen MR) is 75.8 cm³/mol. The zero-order chi connectivity index (χ0) is 14.7. The number of aryl methyl sites for hydroxylation is 2. The molecule has 106 valence electrons. The third kappa shape index (κ3) is 3.26. The molecule has 0 fully saturated rings. The predicted octanol–water partition coefficient (Wildman–Crippen LogP) is 2.53. The number of ether oxygens (including phenoxy) is 1.